The molecule has 0 bridgehead atoms. The minimum absolute atomic E-state index is 0.482. The van der Waals surface area contributed by atoms with Crippen LogP contribution in [0.25, 0.3) is 0 Å². The molecule has 0 spiro atoms. The van der Waals surface area contributed by atoms with Crippen LogP contribution in [0.3, 0.4) is 0 Å². The molecule has 0 aromatic carbocycles. The van der Waals surface area contributed by atoms with E-state index in [4.69, 9.17) is 9.47 Å². The van der Waals surface area contributed by atoms with Crippen molar-refractivity contribution in [3.05, 3.63) is 0 Å². The van der Waals surface area contributed by atoms with Gasteiger partial charge in [0.2, 0.25) is 0 Å². The first-order chi connectivity index (χ1) is 6.85. The summed E-state index contributed by atoms with van der Waals surface area (Å²) in [6.07, 6.45) is 3.35. The van der Waals surface area contributed by atoms with Crippen molar-refractivity contribution < 1.29 is 9.47 Å². The third kappa shape index (κ3) is 8.48. The number of ether oxygens (including phenoxy) is 2. The highest BCUT2D eigenvalue weighted by Crippen LogP contribution is 1.98. The van der Waals surface area contributed by atoms with Gasteiger partial charge in [0, 0.05) is 26.4 Å². The second-order valence-electron chi connectivity index (χ2n) is 3.46. The van der Waals surface area contributed by atoms with Gasteiger partial charge < -0.3 is 14.8 Å². The number of rotatable bonds is 10. The Bertz CT molecular complexity index is 103. The van der Waals surface area contributed by atoms with Gasteiger partial charge in [-0.15, -0.1) is 0 Å². The highest BCUT2D eigenvalue weighted by Gasteiger charge is 2.05. The minimum atomic E-state index is 0.482. The van der Waals surface area contributed by atoms with Gasteiger partial charge in [-0.3, -0.25) is 0 Å². The maximum atomic E-state index is 5.42. The number of likely N-dealkylation sites (N-methyl/N-ethyl adjacent to an activating group) is 1. The van der Waals surface area contributed by atoms with Gasteiger partial charge in [0.1, 0.15) is 0 Å². The summed E-state index contributed by atoms with van der Waals surface area (Å²) in [6.45, 7) is 7.81. The Labute approximate surface area is 88.2 Å². The van der Waals surface area contributed by atoms with E-state index in [0.29, 0.717) is 6.04 Å². The molecule has 3 nitrogen and oxygen atoms in total. The van der Waals surface area contributed by atoms with E-state index in [9.17, 15) is 0 Å². The molecule has 0 saturated carbocycles. The van der Waals surface area contributed by atoms with Gasteiger partial charge in [-0.1, -0.05) is 13.8 Å². The Balaban J connectivity index is 3.30. The van der Waals surface area contributed by atoms with Crippen LogP contribution in [0.4, 0.5) is 0 Å². The number of hydrogen-bond acceptors (Lipinski definition) is 3. The van der Waals surface area contributed by atoms with Crippen LogP contribution in [-0.2, 0) is 9.47 Å². The van der Waals surface area contributed by atoms with Crippen molar-refractivity contribution in [1.29, 1.82) is 0 Å². The fourth-order valence-corrected chi connectivity index (χ4v) is 1.41. The topological polar surface area (TPSA) is 30.5 Å². The zero-order chi connectivity index (χ0) is 10.6. The van der Waals surface area contributed by atoms with Crippen molar-refractivity contribution in [2.75, 3.05) is 33.5 Å². The molecule has 0 aromatic rings. The first-order valence-corrected chi connectivity index (χ1v) is 5.65. The Morgan fingerprint density at radius 1 is 1.21 bits per heavy atom. The molecule has 1 atom stereocenters. The summed E-state index contributed by atoms with van der Waals surface area (Å²) in [5.74, 6) is 0. The van der Waals surface area contributed by atoms with Crippen LogP contribution in [0.15, 0.2) is 0 Å². The van der Waals surface area contributed by atoms with Gasteiger partial charge >= 0.3 is 0 Å². The Hall–Kier alpha value is -0.120. The Morgan fingerprint density at radius 2 is 2.00 bits per heavy atom. The predicted octanol–water partition coefficient (Wildman–Crippen LogP) is 1.82. The van der Waals surface area contributed by atoms with Crippen LogP contribution in [0, 0.1) is 0 Å². The van der Waals surface area contributed by atoms with Gasteiger partial charge in [-0.05, 0) is 25.8 Å². The summed E-state index contributed by atoms with van der Waals surface area (Å²) in [5, 5.41) is 3.39. The number of nitrogens with one attached hydrogen (secondary N) is 1. The van der Waals surface area contributed by atoms with E-state index in [2.05, 4.69) is 19.2 Å². The highest BCUT2D eigenvalue weighted by molar-refractivity contribution is 4.64. The van der Waals surface area contributed by atoms with E-state index < -0.39 is 0 Å². The molecular formula is C11H25NO2. The third-order valence-corrected chi connectivity index (χ3v) is 2.05. The zero-order valence-electron chi connectivity index (χ0n) is 9.84. The summed E-state index contributed by atoms with van der Waals surface area (Å²) < 4.78 is 10.6. The second-order valence-corrected chi connectivity index (χ2v) is 3.46. The fraction of sp³-hybridized carbons (Fsp3) is 1.00. The third-order valence-electron chi connectivity index (χ3n) is 2.05. The van der Waals surface area contributed by atoms with E-state index in [1.807, 2.05) is 0 Å². The predicted molar refractivity (Wildman–Crippen MR) is 59.7 cm³/mol. The first-order valence-electron chi connectivity index (χ1n) is 5.65. The maximum absolute atomic E-state index is 5.42. The quantitative estimate of drug-likeness (QED) is 0.549. The lowest BCUT2D eigenvalue weighted by Gasteiger charge is -2.16. The number of methoxy groups -OCH3 is 1. The summed E-state index contributed by atoms with van der Waals surface area (Å²) in [4.78, 5) is 0. The van der Waals surface area contributed by atoms with Gasteiger partial charge in [0.15, 0.2) is 0 Å². The monoisotopic (exact) mass is 203 g/mol. The average Bonchev–Trinajstić information content (AvgIpc) is 2.18. The normalized spacial score (nSPS) is 13.1. The van der Waals surface area contributed by atoms with Crippen molar-refractivity contribution in [2.24, 2.45) is 0 Å². The molecular weight excluding hydrogens is 178 g/mol. The van der Waals surface area contributed by atoms with Gasteiger partial charge in [-0.2, -0.15) is 0 Å². The molecule has 0 heterocycles. The molecule has 0 saturated heterocycles. The molecule has 0 aliphatic heterocycles. The molecule has 0 amide bonds. The molecule has 3 heteroatoms. The lowest BCUT2D eigenvalue weighted by atomic mass is 10.2. The van der Waals surface area contributed by atoms with Crippen LogP contribution in [-0.4, -0.2) is 39.5 Å². The second kappa shape index (κ2) is 11.0. The van der Waals surface area contributed by atoms with Crippen molar-refractivity contribution in [3.8, 4) is 0 Å². The summed E-state index contributed by atoms with van der Waals surface area (Å²) in [5.41, 5.74) is 0. The van der Waals surface area contributed by atoms with Crippen LogP contribution in [0.2, 0.25) is 0 Å². The first kappa shape index (κ1) is 13.9. The van der Waals surface area contributed by atoms with Gasteiger partial charge in [0.05, 0.1) is 6.61 Å². The summed E-state index contributed by atoms with van der Waals surface area (Å²) in [7, 11) is 1.75. The van der Waals surface area contributed by atoms with E-state index in [0.717, 1.165) is 45.6 Å². The SMILES string of the molecule is CCCOCCCC(COC)NCC. The van der Waals surface area contributed by atoms with Crippen molar-refractivity contribution >= 4 is 0 Å². The Morgan fingerprint density at radius 3 is 2.57 bits per heavy atom. The van der Waals surface area contributed by atoms with Crippen molar-refractivity contribution in [1.82, 2.24) is 5.32 Å². The molecule has 0 aliphatic rings. The van der Waals surface area contributed by atoms with Crippen LogP contribution in [0.5, 0.6) is 0 Å². The molecule has 1 unspecified atom stereocenters. The zero-order valence-corrected chi connectivity index (χ0v) is 9.84. The molecule has 14 heavy (non-hydrogen) atoms. The largest absolute Gasteiger partial charge is 0.383 e. The van der Waals surface area contributed by atoms with E-state index in [1.54, 1.807) is 7.11 Å². The minimum Gasteiger partial charge on any atom is -0.383 e. The average molecular weight is 203 g/mol. The lowest BCUT2D eigenvalue weighted by molar-refractivity contribution is 0.119. The fourth-order valence-electron chi connectivity index (χ4n) is 1.41. The standard InChI is InChI=1S/C11H25NO2/c1-4-8-14-9-6-7-11(10-13-3)12-5-2/h11-12H,4-10H2,1-3H3. The summed E-state index contributed by atoms with van der Waals surface area (Å²) >= 11 is 0. The van der Waals surface area contributed by atoms with E-state index in [-0.39, 0.29) is 0 Å². The van der Waals surface area contributed by atoms with Gasteiger partial charge in [0.25, 0.3) is 0 Å². The molecule has 0 aliphatic carbocycles. The smallest absolute Gasteiger partial charge is 0.0615 e. The lowest BCUT2D eigenvalue weighted by Crippen LogP contribution is -2.33. The van der Waals surface area contributed by atoms with Gasteiger partial charge in [-0.25, -0.2) is 0 Å². The molecule has 0 rings (SSSR count). The summed E-state index contributed by atoms with van der Waals surface area (Å²) in [6, 6.07) is 0.482. The van der Waals surface area contributed by atoms with Crippen molar-refractivity contribution in [2.45, 2.75) is 39.2 Å². The number of hydrogen-bond donors (Lipinski definition) is 1. The highest BCUT2D eigenvalue weighted by atomic mass is 16.5. The van der Waals surface area contributed by atoms with Crippen LogP contribution >= 0.6 is 0 Å². The Kier molecular flexibility index (Phi) is 10.9. The molecule has 0 aromatic heterocycles. The van der Waals surface area contributed by atoms with E-state index >= 15 is 0 Å². The molecule has 0 radical (unpaired) electrons. The molecule has 86 valence electrons. The maximum Gasteiger partial charge on any atom is 0.0615 e. The molecule has 1 N–H and O–H groups in total. The van der Waals surface area contributed by atoms with Crippen molar-refractivity contribution in [3.63, 3.8) is 0 Å². The van der Waals surface area contributed by atoms with Crippen LogP contribution in [0.1, 0.15) is 33.1 Å². The van der Waals surface area contributed by atoms with E-state index in [1.165, 1.54) is 0 Å². The molecule has 0 fully saturated rings. The van der Waals surface area contributed by atoms with Crippen LogP contribution < -0.4 is 5.32 Å².